The van der Waals surface area contributed by atoms with Crippen molar-refractivity contribution in [3.63, 3.8) is 0 Å². The number of nitrogen functional groups attached to an aromatic ring is 1. The number of hydrogen-bond acceptors (Lipinski definition) is 3. The van der Waals surface area contributed by atoms with Crippen LogP contribution in [0, 0.1) is 3.57 Å². The molecule has 1 atom stereocenters. The van der Waals surface area contributed by atoms with Crippen LogP contribution in [0.5, 0.6) is 0 Å². The maximum atomic E-state index is 5.84. The Hall–Kier alpha value is -0.490. The highest BCUT2D eigenvalue weighted by molar-refractivity contribution is 14.1. The molecule has 0 aromatic heterocycles. The molecule has 4 heteroatoms. The second-order valence-corrected chi connectivity index (χ2v) is 6.50. The summed E-state index contributed by atoms with van der Waals surface area (Å²) in [4.78, 5) is 5.22. The van der Waals surface area contributed by atoms with E-state index in [0.717, 1.165) is 11.7 Å². The molecule has 2 saturated heterocycles. The minimum absolute atomic E-state index is 0.765. The quantitative estimate of drug-likeness (QED) is 0.619. The van der Waals surface area contributed by atoms with Crippen molar-refractivity contribution < 1.29 is 0 Å². The molecular weight excluding hydrogens is 337 g/mol. The van der Waals surface area contributed by atoms with Crippen LogP contribution < -0.4 is 10.6 Å². The Morgan fingerprint density at radius 2 is 2.00 bits per heavy atom. The Morgan fingerprint density at radius 3 is 2.83 bits per heavy atom. The number of hydrogen-bond donors (Lipinski definition) is 1. The number of fused-ring (bicyclic) bond motifs is 1. The Labute approximate surface area is 122 Å². The molecule has 3 rings (SSSR count). The Balaban J connectivity index is 1.82. The van der Waals surface area contributed by atoms with E-state index in [9.17, 15) is 0 Å². The van der Waals surface area contributed by atoms with Crippen LogP contribution in [0.4, 0.5) is 11.4 Å². The van der Waals surface area contributed by atoms with Crippen LogP contribution in [-0.4, -0.2) is 37.1 Å². The van der Waals surface area contributed by atoms with E-state index >= 15 is 0 Å². The third kappa shape index (κ3) is 2.45. The van der Waals surface area contributed by atoms with Gasteiger partial charge in [0.1, 0.15) is 0 Å². The molecule has 2 aliphatic rings. The van der Waals surface area contributed by atoms with Gasteiger partial charge >= 0.3 is 0 Å². The van der Waals surface area contributed by atoms with Gasteiger partial charge in [-0.2, -0.15) is 0 Å². The fourth-order valence-corrected chi connectivity index (χ4v) is 4.09. The van der Waals surface area contributed by atoms with Crippen molar-refractivity contribution >= 4 is 34.0 Å². The van der Waals surface area contributed by atoms with Crippen LogP contribution in [-0.2, 0) is 0 Å². The molecule has 1 aromatic carbocycles. The van der Waals surface area contributed by atoms with E-state index in [0.29, 0.717) is 0 Å². The molecule has 3 nitrogen and oxygen atoms in total. The van der Waals surface area contributed by atoms with E-state index in [1.807, 2.05) is 6.07 Å². The third-order valence-electron chi connectivity index (χ3n) is 4.12. The summed E-state index contributed by atoms with van der Waals surface area (Å²) in [5.74, 6) is 0. The number of nitrogens with zero attached hydrogens (tertiary/aromatic N) is 2. The van der Waals surface area contributed by atoms with Crippen molar-refractivity contribution in [2.24, 2.45) is 0 Å². The van der Waals surface area contributed by atoms with Crippen molar-refractivity contribution in [1.82, 2.24) is 4.90 Å². The van der Waals surface area contributed by atoms with Gasteiger partial charge < -0.3 is 10.6 Å². The summed E-state index contributed by atoms with van der Waals surface area (Å²) in [5, 5.41) is 0. The van der Waals surface area contributed by atoms with Gasteiger partial charge in [-0.1, -0.05) is 0 Å². The zero-order valence-corrected chi connectivity index (χ0v) is 12.8. The standard InChI is InChI=1S/C14H20IN3/c15-13-9-11(16)4-5-14(13)18-8-2-7-17-6-1-3-12(17)10-18/h4-5,9,12H,1-3,6-8,10,16H2. The first-order valence-corrected chi connectivity index (χ1v) is 7.86. The zero-order chi connectivity index (χ0) is 12.5. The van der Waals surface area contributed by atoms with Gasteiger partial charge in [0.05, 0.1) is 5.69 Å². The van der Waals surface area contributed by atoms with E-state index in [1.165, 1.54) is 54.7 Å². The molecule has 98 valence electrons. The Bertz CT molecular complexity index is 435. The molecule has 0 saturated carbocycles. The van der Waals surface area contributed by atoms with E-state index in [2.05, 4.69) is 44.5 Å². The van der Waals surface area contributed by atoms with Gasteiger partial charge in [0.25, 0.3) is 0 Å². The summed E-state index contributed by atoms with van der Waals surface area (Å²) in [6.07, 6.45) is 4.01. The molecule has 0 bridgehead atoms. The summed E-state index contributed by atoms with van der Waals surface area (Å²) < 4.78 is 1.28. The predicted octanol–water partition coefficient (Wildman–Crippen LogP) is 2.55. The monoisotopic (exact) mass is 357 g/mol. The highest BCUT2D eigenvalue weighted by atomic mass is 127. The SMILES string of the molecule is Nc1ccc(N2CCCN3CCCC3C2)c(I)c1. The summed E-state index contributed by atoms with van der Waals surface area (Å²) in [5.41, 5.74) is 8.06. The smallest absolute Gasteiger partial charge is 0.0503 e. The lowest BCUT2D eigenvalue weighted by Gasteiger charge is -2.28. The van der Waals surface area contributed by atoms with Gasteiger partial charge in [-0.25, -0.2) is 0 Å². The van der Waals surface area contributed by atoms with Gasteiger partial charge in [-0.15, -0.1) is 0 Å². The average molecular weight is 357 g/mol. The largest absolute Gasteiger partial charge is 0.399 e. The molecule has 2 heterocycles. The molecule has 18 heavy (non-hydrogen) atoms. The topological polar surface area (TPSA) is 32.5 Å². The first-order chi connectivity index (χ1) is 8.74. The summed E-state index contributed by atoms with van der Waals surface area (Å²) in [6, 6.07) is 7.05. The van der Waals surface area contributed by atoms with E-state index in [1.54, 1.807) is 0 Å². The summed E-state index contributed by atoms with van der Waals surface area (Å²) >= 11 is 2.41. The van der Waals surface area contributed by atoms with Crippen LogP contribution >= 0.6 is 22.6 Å². The highest BCUT2D eigenvalue weighted by Crippen LogP contribution is 2.29. The molecule has 0 spiro atoms. The molecule has 1 aromatic rings. The Kier molecular flexibility index (Phi) is 3.66. The van der Waals surface area contributed by atoms with Crippen LogP contribution in [0.3, 0.4) is 0 Å². The normalized spacial score (nSPS) is 24.9. The van der Waals surface area contributed by atoms with E-state index < -0.39 is 0 Å². The van der Waals surface area contributed by atoms with E-state index in [-0.39, 0.29) is 0 Å². The average Bonchev–Trinajstić information content (AvgIpc) is 2.67. The first-order valence-electron chi connectivity index (χ1n) is 6.78. The van der Waals surface area contributed by atoms with Crippen molar-refractivity contribution in [2.75, 3.05) is 36.8 Å². The van der Waals surface area contributed by atoms with E-state index in [4.69, 9.17) is 5.73 Å². The zero-order valence-electron chi connectivity index (χ0n) is 10.6. The molecule has 2 aliphatic heterocycles. The van der Waals surface area contributed by atoms with Gasteiger partial charge in [-0.05, 0) is 66.6 Å². The fraction of sp³-hybridized carbons (Fsp3) is 0.571. The van der Waals surface area contributed by atoms with Gasteiger partial charge in [0.2, 0.25) is 0 Å². The van der Waals surface area contributed by atoms with Gasteiger partial charge in [-0.3, -0.25) is 4.90 Å². The molecule has 2 N–H and O–H groups in total. The minimum atomic E-state index is 0.765. The predicted molar refractivity (Wildman–Crippen MR) is 85.0 cm³/mol. The molecule has 0 radical (unpaired) electrons. The lowest BCUT2D eigenvalue weighted by molar-refractivity contribution is 0.273. The third-order valence-corrected chi connectivity index (χ3v) is 4.98. The van der Waals surface area contributed by atoms with Crippen LogP contribution in [0.15, 0.2) is 18.2 Å². The number of rotatable bonds is 1. The minimum Gasteiger partial charge on any atom is -0.399 e. The maximum absolute atomic E-state index is 5.84. The number of halogens is 1. The number of anilines is 2. The second kappa shape index (κ2) is 5.25. The van der Waals surface area contributed by atoms with Crippen molar-refractivity contribution in [3.8, 4) is 0 Å². The lowest BCUT2D eigenvalue weighted by atomic mass is 10.2. The van der Waals surface area contributed by atoms with Crippen LogP contribution in [0.2, 0.25) is 0 Å². The Morgan fingerprint density at radius 1 is 1.17 bits per heavy atom. The van der Waals surface area contributed by atoms with Crippen LogP contribution in [0.1, 0.15) is 19.3 Å². The maximum Gasteiger partial charge on any atom is 0.0503 e. The first kappa shape index (κ1) is 12.5. The number of benzene rings is 1. The number of nitrogens with two attached hydrogens (primary N) is 1. The fourth-order valence-electron chi connectivity index (χ4n) is 3.21. The van der Waals surface area contributed by atoms with Crippen molar-refractivity contribution in [3.05, 3.63) is 21.8 Å². The molecule has 0 aliphatic carbocycles. The molecular formula is C14H20IN3. The second-order valence-electron chi connectivity index (χ2n) is 5.34. The van der Waals surface area contributed by atoms with Crippen molar-refractivity contribution in [2.45, 2.75) is 25.3 Å². The molecule has 1 unspecified atom stereocenters. The lowest BCUT2D eigenvalue weighted by Crippen LogP contribution is -2.36. The van der Waals surface area contributed by atoms with Crippen LogP contribution in [0.25, 0.3) is 0 Å². The van der Waals surface area contributed by atoms with Gasteiger partial charge in [0.15, 0.2) is 0 Å². The molecule has 0 amide bonds. The summed E-state index contributed by atoms with van der Waals surface area (Å²) in [7, 11) is 0. The summed E-state index contributed by atoms with van der Waals surface area (Å²) in [6.45, 7) is 4.93. The van der Waals surface area contributed by atoms with Gasteiger partial charge in [0, 0.05) is 34.9 Å². The highest BCUT2D eigenvalue weighted by Gasteiger charge is 2.29. The van der Waals surface area contributed by atoms with Crippen molar-refractivity contribution in [1.29, 1.82) is 0 Å². The molecule has 2 fully saturated rings.